The van der Waals surface area contributed by atoms with Gasteiger partial charge < -0.3 is 11.5 Å². The number of urea groups is 1. The first kappa shape index (κ1) is 15.5. The standard InChI is InChI=1S/C13H19ClN4O/c1-3-4-6-9-7-5-8-10(14)11(9)18(2,12(15)16)13(17)19/h5,7-8H,3-4,6H2,1-2H3,(H4-,15,16,17,19)/p+1. The van der Waals surface area contributed by atoms with E-state index in [-0.39, 0.29) is 5.96 Å². The van der Waals surface area contributed by atoms with E-state index in [1.165, 1.54) is 7.05 Å². The molecule has 0 heterocycles. The Balaban J connectivity index is 3.45. The Morgan fingerprint density at radius 3 is 2.53 bits per heavy atom. The van der Waals surface area contributed by atoms with Gasteiger partial charge in [-0.3, -0.25) is 0 Å². The fraction of sp³-hybridized carbons (Fsp3) is 0.385. The zero-order valence-corrected chi connectivity index (χ0v) is 12.0. The van der Waals surface area contributed by atoms with Gasteiger partial charge in [-0.2, -0.15) is 0 Å². The van der Waals surface area contributed by atoms with E-state index in [0.29, 0.717) is 10.7 Å². The molecular formula is C13H20ClN4O+. The van der Waals surface area contributed by atoms with Crippen molar-refractivity contribution in [1.82, 2.24) is 4.48 Å². The molecule has 0 aromatic heterocycles. The highest BCUT2D eigenvalue weighted by Crippen LogP contribution is 2.34. The highest BCUT2D eigenvalue weighted by Gasteiger charge is 2.40. The maximum atomic E-state index is 11.8. The minimum absolute atomic E-state index is 0.349. The zero-order chi connectivity index (χ0) is 14.6. The summed E-state index contributed by atoms with van der Waals surface area (Å²) in [5, 5.41) is 8.07. The van der Waals surface area contributed by atoms with Crippen molar-refractivity contribution < 1.29 is 4.79 Å². The number of hydrogen-bond acceptors (Lipinski definition) is 2. The smallest absolute Gasteiger partial charge is 0.337 e. The summed E-state index contributed by atoms with van der Waals surface area (Å²) in [6, 6.07) is 4.66. The molecule has 0 fully saturated rings. The number of hydrogen-bond donors (Lipinski definition) is 3. The second kappa shape index (κ2) is 6.04. The Morgan fingerprint density at radius 2 is 2.05 bits per heavy atom. The molecule has 6 heteroatoms. The molecule has 0 saturated heterocycles. The maximum absolute atomic E-state index is 11.8. The van der Waals surface area contributed by atoms with Crippen LogP contribution in [-0.4, -0.2) is 19.0 Å². The number of aryl methyl sites for hydroxylation is 1. The average Bonchev–Trinajstić information content (AvgIpc) is 2.34. The fourth-order valence-electron chi connectivity index (χ4n) is 1.98. The number of para-hydroxylation sites is 1. The predicted molar refractivity (Wildman–Crippen MR) is 79.3 cm³/mol. The summed E-state index contributed by atoms with van der Waals surface area (Å²) in [7, 11) is 1.49. The van der Waals surface area contributed by atoms with Crippen LogP contribution < -0.4 is 16.0 Å². The van der Waals surface area contributed by atoms with Crippen LogP contribution in [0.5, 0.6) is 0 Å². The average molecular weight is 284 g/mol. The lowest BCUT2D eigenvalue weighted by Crippen LogP contribution is -2.61. The maximum Gasteiger partial charge on any atom is 0.426 e. The molecule has 0 radical (unpaired) electrons. The number of carbonyl (C=O) groups is 1. The molecule has 0 saturated carbocycles. The van der Waals surface area contributed by atoms with Crippen molar-refractivity contribution in [2.75, 3.05) is 7.05 Å². The van der Waals surface area contributed by atoms with Crippen molar-refractivity contribution in [2.45, 2.75) is 26.2 Å². The molecular weight excluding hydrogens is 264 g/mol. The number of halogens is 1. The first-order valence-electron chi connectivity index (χ1n) is 6.14. The normalized spacial score (nSPS) is 13.8. The number of benzene rings is 1. The quantitative estimate of drug-likeness (QED) is 0.450. The van der Waals surface area contributed by atoms with E-state index >= 15 is 0 Å². The lowest BCUT2D eigenvalue weighted by molar-refractivity contribution is 0.235. The number of nitrogens with one attached hydrogen (secondary N) is 1. The third-order valence-electron chi connectivity index (χ3n) is 3.24. The molecule has 19 heavy (non-hydrogen) atoms. The van der Waals surface area contributed by atoms with E-state index in [9.17, 15) is 4.79 Å². The Kier molecular flexibility index (Phi) is 4.91. The molecule has 1 atom stereocenters. The summed E-state index contributed by atoms with van der Waals surface area (Å²) >= 11 is 6.21. The molecule has 0 aliphatic carbocycles. The van der Waals surface area contributed by atoms with Crippen LogP contribution in [0, 0.1) is 5.41 Å². The van der Waals surface area contributed by atoms with E-state index in [2.05, 4.69) is 6.92 Å². The van der Waals surface area contributed by atoms with Gasteiger partial charge in [0.15, 0.2) is 5.69 Å². The van der Waals surface area contributed by atoms with E-state index in [1.807, 2.05) is 12.1 Å². The number of unbranched alkanes of at least 4 members (excludes halogenated alkanes) is 1. The number of amides is 2. The van der Waals surface area contributed by atoms with Gasteiger partial charge in [-0.05, 0) is 18.9 Å². The molecule has 0 aliphatic heterocycles. The monoisotopic (exact) mass is 283 g/mol. The highest BCUT2D eigenvalue weighted by atomic mass is 35.5. The fourth-order valence-corrected chi connectivity index (χ4v) is 2.34. The van der Waals surface area contributed by atoms with Crippen LogP contribution in [-0.2, 0) is 6.42 Å². The molecule has 104 valence electrons. The van der Waals surface area contributed by atoms with E-state index in [4.69, 9.17) is 28.5 Å². The zero-order valence-electron chi connectivity index (χ0n) is 11.2. The lowest BCUT2D eigenvalue weighted by Gasteiger charge is -2.28. The SMILES string of the molecule is CCCCc1cccc(Cl)c1[N+](C)(C(=N)N)C(N)=O. The van der Waals surface area contributed by atoms with Gasteiger partial charge >= 0.3 is 12.0 Å². The molecule has 2 amide bonds. The van der Waals surface area contributed by atoms with Crippen LogP contribution in [0.3, 0.4) is 0 Å². The van der Waals surface area contributed by atoms with E-state index in [1.54, 1.807) is 6.07 Å². The topological polar surface area (TPSA) is 93.0 Å². The van der Waals surface area contributed by atoms with Crippen LogP contribution in [0.15, 0.2) is 18.2 Å². The van der Waals surface area contributed by atoms with Crippen molar-refractivity contribution in [1.29, 1.82) is 5.41 Å². The summed E-state index contributed by atoms with van der Waals surface area (Å²) in [6.45, 7) is 2.08. The molecule has 0 bridgehead atoms. The summed E-state index contributed by atoms with van der Waals surface area (Å²) in [4.78, 5) is 11.8. The number of primary amides is 1. The van der Waals surface area contributed by atoms with Crippen LogP contribution >= 0.6 is 11.6 Å². The van der Waals surface area contributed by atoms with Crippen LogP contribution in [0.2, 0.25) is 5.02 Å². The van der Waals surface area contributed by atoms with Crippen LogP contribution in [0.25, 0.3) is 0 Å². The van der Waals surface area contributed by atoms with Gasteiger partial charge in [0.05, 0.1) is 7.05 Å². The molecule has 5 N–H and O–H groups in total. The first-order chi connectivity index (χ1) is 8.85. The molecule has 0 spiro atoms. The van der Waals surface area contributed by atoms with Crippen molar-refractivity contribution >= 4 is 29.3 Å². The molecule has 0 aliphatic rings. The second-order valence-corrected chi connectivity index (χ2v) is 4.99. The van der Waals surface area contributed by atoms with Gasteiger partial charge in [-0.25, -0.2) is 10.2 Å². The lowest BCUT2D eigenvalue weighted by atomic mass is 10.0. The minimum Gasteiger partial charge on any atom is -0.337 e. The molecule has 1 unspecified atom stereocenters. The van der Waals surface area contributed by atoms with Crippen molar-refractivity contribution in [3.05, 3.63) is 28.8 Å². The molecule has 1 aromatic carbocycles. The van der Waals surface area contributed by atoms with Gasteiger partial charge in [-0.15, -0.1) is 4.48 Å². The second-order valence-electron chi connectivity index (χ2n) is 4.58. The number of carbonyl (C=O) groups excluding carboxylic acids is 1. The van der Waals surface area contributed by atoms with Crippen molar-refractivity contribution in [3.8, 4) is 0 Å². The third-order valence-corrected chi connectivity index (χ3v) is 3.54. The molecule has 5 nitrogen and oxygen atoms in total. The van der Waals surface area contributed by atoms with Crippen molar-refractivity contribution in [2.24, 2.45) is 11.5 Å². The van der Waals surface area contributed by atoms with Crippen molar-refractivity contribution in [3.63, 3.8) is 0 Å². The van der Waals surface area contributed by atoms with Crippen LogP contribution in [0.4, 0.5) is 10.5 Å². The molecule has 1 aromatic rings. The first-order valence-corrected chi connectivity index (χ1v) is 6.52. The molecule has 1 rings (SSSR count). The van der Waals surface area contributed by atoms with Gasteiger partial charge in [0.25, 0.3) is 0 Å². The Labute approximate surface area is 118 Å². The number of rotatable bonds is 4. The number of nitrogens with zero attached hydrogens (tertiary/aromatic N) is 1. The van der Waals surface area contributed by atoms with E-state index < -0.39 is 10.5 Å². The Bertz CT molecular complexity index is 487. The van der Waals surface area contributed by atoms with Crippen LogP contribution in [0.1, 0.15) is 25.3 Å². The third kappa shape index (κ3) is 2.88. The minimum atomic E-state index is -0.724. The Morgan fingerprint density at radius 1 is 1.42 bits per heavy atom. The Hall–Kier alpha value is -1.59. The van der Waals surface area contributed by atoms with E-state index in [0.717, 1.165) is 24.8 Å². The summed E-state index contributed by atoms with van der Waals surface area (Å²) in [5.41, 5.74) is 12.4. The number of guanidine groups is 1. The summed E-state index contributed by atoms with van der Waals surface area (Å²) < 4.78 is -0.598. The van der Waals surface area contributed by atoms with Gasteiger partial charge in [0.1, 0.15) is 5.02 Å². The summed E-state index contributed by atoms with van der Waals surface area (Å²) in [6.07, 6.45) is 2.75. The highest BCUT2D eigenvalue weighted by molar-refractivity contribution is 6.34. The summed E-state index contributed by atoms with van der Waals surface area (Å²) in [5.74, 6) is -0.349. The van der Waals surface area contributed by atoms with Gasteiger partial charge in [-0.1, -0.05) is 37.1 Å². The number of quaternary nitrogens is 1. The largest absolute Gasteiger partial charge is 0.426 e. The number of nitrogens with two attached hydrogens (primary N) is 2. The predicted octanol–water partition coefficient (Wildman–Crippen LogP) is 2.59. The van der Waals surface area contributed by atoms with Gasteiger partial charge in [0, 0.05) is 5.56 Å². The van der Waals surface area contributed by atoms with Gasteiger partial charge in [0.2, 0.25) is 0 Å².